The van der Waals surface area contributed by atoms with Gasteiger partial charge in [-0.15, -0.1) is 0 Å². The van der Waals surface area contributed by atoms with Gasteiger partial charge < -0.3 is 4.74 Å². The third-order valence-electron chi connectivity index (χ3n) is 1.82. The molecule has 0 aliphatic heterocycles. The second-order valence-electron chi connectivity index (χ2n) is 3.27. The highest BCUT2D eigenvalue weighted by Crippen LogP contribution is 2.02. The van der Waals surface area contributed by atoms with Crippen LogP contribution < -0.4 is 0 Å². The van der Waals surface area contributed by atoms with Crippen LogP contribution in [0.2, 0.25) is 0 Å². The number of hydrogen-bond donors (Lipinski definition) is 0. The van der Waals surface area contributed by atoms with E-state index in [0.29, 0.717) is 13.0 Å². The first-order chi connectivity index (χ1) is 6.56. The van der Waals surface area contributed by atoms with Gasteiger partial charge in [-0.25, -0.2) is 8.42 Å². The maximum atomic E-state index is 10.5. The average Bonchev–Trinajstić information content (AvgIpc) is 2.08. The molecule has 0 heterocycles. The van der Waals surface area contributed by atoms with Crippen molar-refractivity contribution >= 4 is 19.7 Å². The van der Waals surface area contributed by atoms with Crippen LogP contribution >= 0.6 is 10.7 Å². The predicted octanol–water partition coefficient (Wildman–Crippen LogP) is 2.54. The first-order valence-electron chi connectivity index (χ1n) is 5.06. The van der Waals surface area contributed by atoms with E-state index in [1.807, 2.05) is 0 Å². The smallest absolute Gasteiger partial charge is 0.232 e. The van der Waals surface area contributed by atoms with Crippen LogP contribution in [0.1, 0.15) is 39.0 Å². The van der Waals surface area contributed by atoms with Gasteiger partial charge in [0.25, 0.3) is 0 Å². The van der Waals surface area contributed by atoms with Crippen LogP contribution in [0.3, 0.4) is 0 Å². The molecule has 0 fully saturated rings. The van der Waals surface area contributed by atoms with Crippen LogP contribution in [0.25, 0.3) is 0 Å². The lowest BCUT2D eigenvalue weighted by Crippen LogP contribution is -2.01. The summed E-state index contributed by atoms with van der Waals surface area (Å²) < 4.78 is 26.4. The van der Waals surface area contributed by atoms with Crippen molar-refractivity contribution in [1.82, 2.24) is 0 Å². The van der Waals surface area contributed by atoms with Crippen molar-refractivity contribution in [2.45, 2.75) is 39.0 Å². The van der Waals surface area contributed by atoms with E-state index in [0.717, 1.165) is 19.4 Å². The topological polar surface area (TPSA) is 43.4 Å². The van der Waals surface area contributed by atoms with Crippen molar-refractivity contribution in [3.63, 3.8) is 0 Å². The molecule has 86 valence electrons. The van der Waals surface area contributed by atoms with Crippen molar-refractivity contribution in [3.8, 4) is 0 Å². The fraction of sp³-hybridized carbons (Fsp3) is 1.00. The molecule has 3 nitrogen and oxygen atoms in total. The van der Waals surface area contributed by atoms with Gasteiger partial charge >= 0.3 is 0 Å². The summed E-state index contributed by atoms with van der Waals surface area (Å²) in [5.41, 5.74) is 0. The maximum Gasteiger partial charge on any atom is 0.232 e. The first kappa shape index (κ1) is 14.2. The Kier molecular flexibility index (Phi) is 8.63. The molecule has 0 spiro atoms. The van der Waals surface area contributed by atoms with Gasteiger partial charge in [0.15, 0.2) is 0 Å². The summed E-state index contributed by atoms with van der Waals surface area (Å²) in [6.07, 6.45) is 4.81. The third kappa shape index (κ3) is 12.2. The molecule has 0 saturated carbocycles. The summed E-state index contributed by atoms with van der Waals surface area (Å²) >= 11 is 0. The lowest BCUT2D eigenvalue weighted by Gasteiger charge is -2.02. The number of unbranched alkanes of at least 4 members (excludes halogenated alkanes) is 3. The lowest BCUT2D eigenvalue weighted by atomic mass is 10.3. The highest BCUT2D eigenvalue weighted by Gasteiger charge is 2.03. The number of rotatable bonds is 9. The van der Waals surface area contributed by atoms with Crippen molar-refractivity contribution in [2.24, 2.45) is 0 Å². The SMILES string of the molecule is CCCCCOCCCCS(=O)(=O)Cl. The molecule has 0 aromatic rings. The minimum absolute atomic E-state index is 0.0485. The standard InChI is InChI=1S/C9H19ClO3S/c1-2-3-4-7-13-8-5-6-9-14(10,11)12/h2-9H2,1H3. The molecule has 0 atom stereocenters. The number of ether oxygens (including phenoxy) is 1. The summed E-state index contributed by atoms with van der Waals surface area (Å²) in [4.78, 5) is 0. The van der Waals surface area contributed by atoms with Gasteiger partial charge in [0.05, 0.1) is 5.75 Å². The van der Waals surface area contributed by atoms with Crippen LogP contribution in [-0.2, 0) is 13.8 Å². The van der Waals surface area contributed by atoms with E-state index in [9.17, 15) is 8.42 Å². The van der Waals surface area contributed by atoms with E-state index in [2.05, 4.69) is 6.92 Å². The van der Waals surface area contributed by atoms with E-state index in [-0.39, 0.29) is 5.75 Å². The average molecular weight is 243 g/mol. The summed E-state index contributed by atoms with van der Waals surface area (Å²) in [5.74, 6) is 0.0485. The van der Waals surface area contributed by atoms with Gasteiger partial charge in [-0.3, -0.25) is 0 Å². The van der Waals surface area contributed by atoms with Gasteiger partial charge in [0, 0.05) is 23.9 Å². The van der Waals surface area contributed by atoms with Gasteiger partial charge in [0.2, 0.25) is 9.05 Å². The Bertz CT molecular complexity index is 214. The quantitative estimate of drug-likeness (QED) is 0.461. The van der Waals surface area contributed by atoms with Crippen LogP contribution in [0.4, 0.5) is 0 Å². The Morgan fingerprint density at radius 1 is 1.07 bits per heavy atom. The molecule has 0 bridgehead atoms. The summed E-state index contributed by atoms with van der Waals surface area (Å²) in [7, 11) is 1.74. The monoisotopic (exact) mass is 242 g/mol. The number of hydrogen-bond acceptors (Lipinski definition) is 3. The second kappa shape index (κ2) is 8.50. The van der Waals surface area contributed by atoms with E-state index < -0.39 is 9.05 Å². The molecular weight excluding hydrogens is 224 g/mol. The Balaban J connectivity index is 3.07. The zero-order chi connectivity index (χ0) is 10.9. The molecule has 0 amide bonds. The highest BCUT2D eigenvalue weighted by molar-refractivity contribution is 8.13. The minimum atomic E-state index is -3.31. The predicted molar refractivity (Wildman–Crippen MR) is 59.2 cm³/mol. The summed E-state index contributed by atoms with van der Waals surface area (Å²) in [6, 6.07) is 0. The molecule has 0 unspecified atom stereocenters. The summed E-state index contributed by atoms with van der Waals surface area (Å²) in [5, 5.41) is 0. The molecule has 14 heavy (non-hydrogen) atoms. The molecule has 0 saturated heterocycles. The normalized spacial score (nSPS) is 11.9. The lowest BCUT2D eigenvalue weighted by molar-refractivity contribution is 0.127. The van der Waals surface area contributed by atoms with Gasteiger partial charge in [0.1, 0.15) is 0 Å². The zero-order valence-corrected chi connectivity index (χ0v) is 10.2. The highest BCUT2D eigenvalue weighted by atomic mass is 35.7. The van der Waals surface area contributed by atoms with Gasteiger partial charge in [-0.05, 0) is 19.3 Å². The second-order valence-corrected chi connectivity index (χ2v) is 6.17. The van der Waals surface area contributed by atoms with Crippen LogP contribution in [-0.4, -0.2) is 27.4 Å². The van der Waals surface area contributed by atoms with Crippen molar-refractivity contribution in [1.29, 1.82) is 0 Å². The molecule has 0 rings (SSSR count). The van der Waals surface area contributed by atoms with Gasteiger partial charge in [-0.1, -0.05) is 19.8 Å². The molecule has 0 aromatic heterocycles. The molecular formula is C9H19ClO3S. The Labute approximate surface area is 91.2 Å². The maximum absolute atomic E-state index is 10.5. The third-order valence-corrected chi connectivity index (χ3v) is 3.06. The molecule has 0 aliphatic rings. The Morgan fingerprint density at radius 2 is 1.64 bits per heavy atom. The molecule has 0 aromatic carbocycles. The Hall–Kier alpha value is 0.200. The van der Waals surface area contributed by atoms with E-state index in [4.69, 9.17) is 15.4 Å². The van der Waals surface area contributed by atoms with Crippen molar-refractivity contribution in [2.75, 3.05) is 19.0 Å². The largest absolute Gasteiger partial charge is 0.381 e. The van der Waals surface area contributed by atoms with Gasteiger partial charge in [-0.2, -0.15) is 0 Å². The van der Waals surface area contributed by atoms with Crippen molar-refractivity contribution in [3.05, 3.63) is 0 Å². The first-order valence-corrected chi connectivity index (χ1v) is 7.54. The van der Waals surface area contributed by atoms with Crippen molar-refractivity contribution < 1.29 is 13.2 Å². The molecule has 0 radical (unpaired) electrons. The van der Waals surface area contributed by atoms with Crippen LogP contribution in [0, 0.1) is 0 Å². The summed E-state index contributed by atoms with van der Waals surface area (Å²) in [6.45, 7) is 3.56. The van der Waals surface area contributed by atoms with E-state index in [1.165, 1.54) is 12.8 Å². The number of halogens is 1. The molecule has 0 aliphatic carbocycles. The van der Waals surface area contributed by atoms with Crippen LogP contribution in [0.15, 0.2) is 0 Å². The zero-order valence-electron chi connectivity index (χ0n) is 8.67. The molecule has 0 N–H and O–H groups in total. The molecule has 5 heteroatoms. The fourth-order valence-corrected chi connectivity index (χ4v) is 1.91. The Morgan fingerprint density at radius 3 is 2.14 bits per heavy atom. The van der Waals surface area contributed by atoms with E-state index >= 15 is 0 Å². The minimum Gasteiger partial charge on any atom is -0.381 e. The fourth-order valence-electron chi connectivity index (χ4n) is 1.03. The van der Waals surface area contributed by atoms with Crippen LogP contribution in [0.5, 0.6) is 0 Å². The van der Waals surface area contributed by atoms with E-state index in [1.54, 1.807) is 0 Å².